The zero-order chi connectivity index (χ0) is 19.1. The Morgan fingerprint density at radius 1 is 0.692 bits per heavy atom. The Morgan fingerprint density at radius 2 is 1.00 bits per heavy atom. The lowest BCUT2D eigenvalue weighted by Gasteiger charge is -2.41. The molecule has 2 rings (SSSR count). The van der Waals surface area contributed by atoms with Gasteiger partial charge < -0.3 is 19.3 Å². The molecule has 26 heavy (non-hydrogen) atoms. The fourth-order valence-electron chi connectivity index (χ4n) is 4.78. The largest absolute Gasteiger partial charge is 0.375 e. The van der Waals surface area contributed by atoms with Crippen molar-refractivity contribution in [3.8, 4) is 0 Å². The van der Waals surface area contributed by atoms with E-state index in [1.807, 2.05) is 23.9 Å². The molecule has 0 radical (unpaired) electrons. The molecule has 0 bridgehead atoms. The second-order valence-electron chi connectivity index (χ2n) is 8.01. The van der Waals surface area contributed by atoms with E-state index in [1.165, 1.54) is 25.7 Å². The van der Waals surface area contributed by atoms with Crippen LogP contribution in [-0.4, -0.2) is 75.2 Å². The molecule has 0 saturated heterocycles. The van der Waals surface area contributed by atoms with Gasteiger partial charge in [-0.15, -0.1) is 0 Å². The summed E-state index contributed by atoms with van der Waals surface area (Å²) in [4.78, 5) is 27.7. The number of likely N-dealkylation sites (N-methyl/N-ethyl adjacent to an activating group) is 2. The Hall–Kier alpha value is -1.14. The molecule has 2 saturated carbocycles. The van der Waals surface area contributed by atoms with Crippen LogP contribution in [0, 0.1) is 11.8 Å². The van der Waals surface area contributed by atoms with Crippen molar-refractivity contribution in [3.63, 3.8) is 0 Å². The summed E-state index contributed by atoms with van der Waals surface area (Å²) in [6, 6.07) is 0.728. The zero-order valence-electron chi connectivity index (χ0n) is 16.9. The summed E-state index contributed by atoms with van der Waals surface area (Å²) in [6.45, 7) is 0.353. The van der Waals surface area contributed by atoms with E-state index in [0.717, 1.165) is 37.5 Å². The Kier molecular flexibility index (Phi) is 8.35. The first kappa shape index (κ1) is 21.2. The molecule has 6 nitrogen and oxygen atoms in total. The second-order valence-corrected chi connectivity index (χ2v) is 8.01. The summed E-state index contributed by atoms with van der Waals surface area (Å²) in [6.07, 6.45) is 9.25. The van der Waals surface area contributed by atoms with Gasteiger partial charge in [0, 0.05) is 40.4 Å². The highest BCUT2D eigenvalue weighted by atomic mass is 16.5. The Balaban J connectivity index is 1.74. The van der Waals surface area contributed by atoms with E-state index in [-0.39, 0.29) is 25.0 Å². The molecule has 0 aromatic carbocycles. The molecule has 2 aliphatic rings. The van der Waals surface area contributed by atoms with Crippen molar-refractivity contribution in [3.05, 3.63) is 0 Å². The number of methoxy groups -OCH3 is 2. The van der Waals surface area contributed by atoms with E-state index in [2.05, 4.69) is 0 Å². The van der Waals surface area contributed by atoms with E-state index in [4.69, 9.17) is 9.47 Å². The molecule has 2 fully saturated rings. The van der Waals surface area contributed by atoms with Crippen molar-refractivity contribution in [1.29, 1.82) is 0 Å². The summed E-state index contributed by atoms with van der Waals surface area (Å²) < 4.78 is 9.93. The summed E-state index contributed by atoms with van der Waals surface area (Å²) in [7, 11) is 6.95. The van der Waals surface area contributed by atoms with Crippen molar-refractivity contribution >= 4 is 11.8 Å². The second kappa shape index (κ2) is 10.3. The number of rotatable bonds is 7. The molecule has 150 valence electrons. The molecule has 0 spiro atoms. The zero-order valence-corrected chi connectivity index (χ0v) is 16.9. The van der Waals surface area contributed by atoms with Gasteiger partial charge in [-0.3, -0.25) is 9.59 Å². The topological polar surface area (TPSA) is 59.1 Å². The third-order valence-corrected chi connectivity index (χ3v) is 6.57. The average molecular weight is 369 g/mol. The molecular weight excluding hydrogens is 332 g/mol. The first-order valence-electron chi connectivity index (χ1n) is 9.97. The minimum Gasteiger partial charge on any atom is -0.375 e. The lowest BCUT2D eigenvalue weighted by molar-refractivity contribution is -0.138. The monoisotopic (exact) mass is 368 g/mol. The van der Waals surface area contributed by atoms with E-state index < -0.39 is 0 Å². The van der Waals surface area contributed by atoms with Crippen molar-refractivity contribution in [1.82, 2.24) is 9.80 Å². The van der Waals surface area contributed by atoms with Gasteiger partial charge in [0.25, 0.3) is 0 Å². The van der Waals surface area contributed by atoms with E-state index in [1.54, 1.807) is 14.2 Å². The molecule has 0 aliphatic heterocycles. The van der Waals surface area contributed by atoms with Gasteiger partial charge in [0.05, 0.1) is 0 Å². The first-order chi connectivity index (χ1) is 12.5. The Labute approximate surface area is 158 Å². The van der Waals surface area contributed by atoms with Crippen LogP contribution in [0.2, 0.25) is 0 Å². The van der Waals surface area contributed by atoms with Crippen LogP contribution >= 0.6 is 0 Å². The smallest absolute Gasteiger partial charge is 0.248 e. The van der Waals surface area contributed by atoms with Gasteiger partial charge in [-0.05, 0) is 63.2 Å². The molecule has 0 unspecified atom stereocenters. The third kappa shape index (κ3) is 5.43. The fraction of sp³-hybridized carbons (Fsp3) is 0.900. The Morgan fingerprint density at radius 3 is 1.27 bits per heavy atom. The molecule has 2 aliphatic carbocycles. The van der Waals surface area contributed by atoms with Crippen molar-refractivity contribution < 1.29 is 19.1 Å². The standard InChI is InChI=1S/C20H36N2O4/c1-21(19(23)13-25-3)17-9-5-15(6-10-17)16-7-11-18(12-8-16)22(2)20(24)14-26-4/h15-18H,5-14H2,1-4H3. The molecule has 0 aromatic heterocycles. The van der Waals surface area contributed by atoms with Crippen LogP contribution in [-0.2, 0) is 19.1 Å². The van der Waals surface area contributed by atoms with Crippen LogP contribution in [0.3, 0.4) is 0 Å². The minimum absolute atomic E-state index is 0.0835. The summed E-state index contributed by atoms with van der Waals surface area (Å²) in [5, 5.41) is 0. The number of carbonyl (C=O) groups is 2. The molecule has 0 N–H and O–H groups in total. The molecule has 0 atom stereocenters. The van der Waals surface area contributed by atoms with Crippen LogP contribution < -0.4 is 0 Å². The van der Waals surface area contributed by atoms with Crippen LogP contribution in [0.15, 0.2) is 0 Å². The third-order valence-electron chi connectivity index (χ3n) is 6.57. The predicted octanol–water partition coefficient (Wildman–Crippen LogP) is 2.31. The quantitative estimate of drug-likeness (QED) is 0.692. The summed E-state index contributed by atoms with van der Waals surface area (Å²) >= 11 is 0. The minimum atomic E-state index is 0.0835. The maximum Gasteiger partial charge on any atom is 0.248 e. The molecular formula is C20H36N2O4. The van der Waals surface area contributed by atoms with Crippen LogP contribution in [0.1, 0.15) is 51.4 Å². The van der Waals surface area contributed by atoms with Gasteiger partial charge in [-0.1, -0.05) is 0 Å². The first-order valence-corrected chi connectivity index (χ1v) is 9.97. The summed E-state index contributed by atoms with van der Waals surface area (Å²) in [5.41, 5.74) is 0. The van der Waals surface area contributed by atoms with Crippen molar-refractivity contribution in [2.75, 3.05) is 41.5 Å². The van der Waals surface area contributed by atoms with Gasteiger partial charge in [0.15, 0.2) is 0 Å². The number of nitrogens with zero attached hydrogens (tertiary/aromatic N) is 2. The average Bonchev–Trinajstić information content (AvgIpc) is 2.67. The number of ether oxygens (including phenoxy) is 2. The highest BCUT2D eigenvalue weighted by Crippen LogP contribution is 2.40. The number of carbonyl (C=O) groups excluding carboxylic acids is 2. The lowest BCUT2D eigenvalue weighted by Crippen LogP contribution is -2.43. The molecule has 0 heterocycles. The van der Waals surface area contributed by atoms with Gasteiger partial charge in [-0.2, -0.15) is 0 Å². The van der Waals surface area contributed by atoms with Crippen LogP contribution in [0.4, 0.5) is 0 Å². The molecule has 0 aromatic rings. The Bertz CT molecular complexity index is 413. The number of hydrogen-bond acceptors (Lipinski definition) is 4. The van der Waals surface area contributed by atoms with Crippen molar-refractivity contribution in [2.45, 2.75) is 63.5 Å². The maximum absolute atomic E-state index is 12.0. The highest BCUT2D eigenvalue weighted by Gasteiger charge is 2.34. The molecule has 2 amide bonds. The van der Waals surface area contributed by atoms with E-state index in [9.17, 15) is 9.59 Å². The molecule has 6 heteroatoms. The van der Waals surface area contributed by atoms with Gasteiger partial charge in [-0.25, -0.2) is 0 Å². The highest BCUT2D eigenvalue weighted by molar-refractivity contribution is 5.77. The van der Waals surface area contributed by atoms with Gasteiger partial charge >= 0.3 is 0 Å². The van der Waals surface area contributed by atoms with Crippen molar-refractivity contribution in [2.24, 2.45) is 11.8 Å². The number of amides is 2. The van der Waals surface area contributed by atoms with Gasteiger partial charge in [0.1, 0.15) is 13.2 Å². The normalized spacial score (nSPS) is 29.2. The SMILES string of the molecule is COCC(=O)N(C)C1CCC(C2CCC(N(C)C(=O)COC)CC2)CC1. The number of hydrogen-bond donors (Lipinski definition) is 0. The maximum atomic E-state index is 12.0. The lowest BCUT2D eigenvalue weighted by atomic mass is 9.71. The van der Waals surface area contributed by atoms with Crippen LogP contribution in [0.25, 0.3) is 0 Å². The van der Waals surface area contributed by atoms with Crippen LogP contribution in [0.5, 0.6) is 0 Å². The fourth-order valence-corrected chi connectivity index (χ4v) is 4.78. The predicted molar refractivity (Wildman–Crippen MR) is 101 cm³/mol. The van der Waals surface area contributed by atoms with E-state index >= 15 is 0 Å². The summed E-state index contributed by atoms with van der Waals surface area (Å²) in [5.74, 6) is 1.72. The van der Waals surface area contributed by atoms with E-state index in [0.29, 0.717) is 12.1 Å². The van der Waals surface area contributed by atoms with Gasteiger partial charge in [0.2, 0.25) is 11.8 Å².